The van der Waals surface area contributed by atoms with E-state index in [-0.39, 0.29) is 43.7 Å². The number of benzene rings is 2. The van der Waals surface area contributed by atoms with Crippen LogP contribution in [0.5, 0.6) is 0 Å². The summed E-state index contributed by atoms with van der Waals surface area (Å²) in [6, 6.07) is 15.8. The Morgan fingerprint density at radius 3 is 2.12 bits per heavy atom. The largest absolute Gasteiger partial charge is 0.481 e. The van der Waals surface area contributed by atoms with Crippen molar-refractivity contribution in [3.8, 4) is 11.1 Å². The topological polar surface area (TPSA) is 95.9 Å². The molecule has 2 aromatic rings. The Morgan fingerprint density at radius 1 is 1.03 bits per heavy atom. The van der Waals surface area contributed by atoms with Crippen LogP contribution in [0.2, 0.25) is 0 Å². The first kappa shape index (κ1) is 23.3. The lowest BCUT2D eigenvalue weighted by atomic mass is 9.98. The predicted molar refractivity (Wildman–Crippen MR) is 121 cm³/mol. The van der Waals surface area contributed by atoms with Gasteiger partial charge in [-0.2, -0.15) is 0 Å². The number of amides is 2. The summed E-state index contributed by atoms with van der Waals surface area (Å²) >= 11 is 0. The van der Waals surface area contributed by atoms with E-state index in [9.17, 15) is 14.4 Å². The van der Waals surface area contributed by atoms with Gasteiger partial charge in [-0.1, -0.05) is 62.4 Å². The van der Waals surface area contributed by atoms with Gasteiger partial charge in [0.15, 0.2) is 0 Å². The fraction of sp³-hybridized carbons (Fsp3) is 0.400. The summed E-state index contributed by atoms with van der Waals surface area (Å²) < 4.78 is 5.59. The minimum absolute atomic E-state index is 0.00677. The Hall–Kier alpha value is -3.35. The molecule has 1 atom stereocenters. The molecule has 0 aliphatic heterocycles. The number of carboxylic acids is 1. The van der Waals surface area contributed by atoms with Crippen LogP contribution in [-0.2, 0) is 14.3 Å². The molecule has 0 saturated heterocycles. The average Bonchev–Trinajstić information content (AvgIpc) is 3.09. The Labute approximate surface area is 188 Å². The first-order valence-electron chi connectivity index (χ1n) is 10.8. The molecule has 170 valence electrons. The summed E-state index contributed by atoms with van der Waals surface area (Å²) in [5.41, 5.74) is 4.59. The zero-order valence-electron chi connectivity index (χ0n) is 18.7. The number of hydrogen-bond donors (Lipinski definition) is 2. The lowest BCUT2D eigenvalue weighted by Gasteiger charge is -2.25. The van der Waals surface area contributed by atoms with E-state index >= 15 is 0 Å². The molecule has 0 spiro atoms. The number of alkyl carbamates (subject to hydrolysis) is 1. The van der Waals surface area contributed by atoms with Crippen molar-refractivity contribution in [2.75, 3.05) is 20.2 Å². The predicted octanol–water partition coefficient (Wildman–Crippen LogP) is 3.87. The molecule has 7 nitrogen and oxygen atoms in total. The van der Waals surface area contributed by atoms with E-state index in [0.29, 0.717) is 0 Å². The maximum Gasteiger partial charge on any atom is 0.407 e. The first-order chi connectivity index (χ1) is 15.3. The quantitative estimate of drug-likeness (QED) is 0.620. The van der Waals surface area contributed by atoms with Gasteiger partial charge in [0.1, 0.15) is 6.61 Å². The third kappa shape index (κ3) is 5.46. The summed E-state index contributed by atoms with van der Waals surface area (Å²) in [7, 11) is 1.57. The van der Waals surface area contributed by atoms with E-state index in [1.807, 2.05) is 38.1 Å². The Morgan fingerprint density at radius 2 is 1.59 bits per heavy atom. The van der Waals surface area contributed by atoms with Gasteiger partial charge in [0, 0.05) is 32.0 Å². The SMILES string of the molecule is CC(C)C(CC(=O)N(C)CCC(=O)O)NC(=O)OCC1c2ccccc2-c2ccccc21. The maximum absolute atomic E-state index is 12.6. The van der Waals surface area contributed by atoms with Crippen molar-refractivity contribution in [2.45, 2.75) is 38.6 Å². The highest BCUT2D eigenvalue weighted by molar-refractivity contribution is 5.80. The van der Waals surface area contributed by atoms with Crippen LogP contribution in [0.3, 0.4) is 0 Å². The van der Waals surface area contributed by atoms with Crippen LogP contribution in [0.25, 0.3) is 11.1 Å². The molecular formula is C25H30N2O5. The zero-order chi connectivity index (χ0) is 23.3. The molecule has 0 bridgehead atoms. The van der Waals surface area contributed by atoms with Crippen molar-refractivity contribution in [1.29, 1.82) is 0 Å². The summed E-state index contributed by atoms with van der Waals surface area (Å²) in [5, 5.41) is 11.6. The van der Waals surface area contributed by atoms with Crippen molar-refractivity contribution in [2.24, 2.45) is 5.92 Å². The van der Waals surface area contributed by atoms with Crippen LogP contribution in [-0.4, -0.2) is 54.2 Å². The van der Waals surface area contributed by atoms with Gasteiger partial charge in [-0.3, -0.25) is 9.59 Å². The minimum atomic E-state index is -0.957. The second kappa shape index (κ2) is 10.3. The maximum atomic E-state index is 12.6. The Bertz CT molecular complexity index is 942. The van der Waals surface area contributed by atoms with Gasteiger partial charge in [0.25, 0.3) is 0 Å². The van der Waals surface area contributed by atoms with Crippen molar-refractivity contribution in [3.63, 3.8) is 0 Å². The second-order valence-electron chi connectivity index (χ2n) is 8.48. The minimum Gasteiger partial charge on any atom is -0.481 e. The summed E-state index contributed by atoms with van der Waals surface area (Å²) in [4.78, 5) is 37.1. The third-order valence-electron chi connectivity index (χ3n) is 5.93. The van der Waals surface area contributed by atoms with E-state index in [1.54, 1.807) is 7.05 Å². The van der Waals surface area contributed by atoms with Crippen LogP contribution in [0.1, 0.15) is 43.7 Å². The molecule has 2 N–H and O–H groups in total. The normalized spacial score (nSPS) is 13.2. The van der Waals surface area contributed by atoms with E-state index in [2.05, 4.69) is 29.6 Å². The van der Waals surface area contributed by atoms with Gasteiger partial charge in [-0.15, -0.1) is 0 Å². The van der Waals surface area contributed by atoms with Gasteiger partial charge in [-0.05, 0) is 28.2 Å². The molecular weight excluding hydrogens is 408 g/mol. The number of fused-ring (bicyclic) bond motifs is 3. The van der Waals surface area contributed by atoms with Crippen LogP contribution in [0.4, 0.5) is 4.79 Å². The first-order valence-corrected chi connectivity index (χ1v) is 10.8. The smallest absolute Gasteiger partial charge is 0.407 e. The number of carboxylic acid groups (broad SMARTS) is 1. The molecule has 32 heavy (non-hydrogen) atoms. The molecule has 0 saturated carbocycles. The van der Waals surface area contributed by atoms with Crippen LogP contribution in [0, 0.1) is 5.92 Å². The third-order valence-corrected chi connectivity index (χ3v) is 5.93. The number of nitrogens with zero attached hydrogens (tertiary/aromatic N) is 1. The standard InChI is InChI=1S/C25H30N2O5/c1-16(2)22(14-23(28)27(3)13-12-24(29)30)26-25(31)32-15-21-19-10-6-4-8-17(19)18-9-5-7-11-20(18)21/h4-11,16,21-22H,12-15H2,1-3H3,(H,26,31)(H,29,30). The molecule has 1 unspecified atom stereocenters. The van der Waals surface area contributed by atoms with E-state index in [4.69, 9.17) is 9.84 Å². The van der Waals surface area contributed by atoms with Crippen molar-refractivity contribution in [1.82, 2.24) is 10.2 Å². The summed E-state index contributed by atoms with van der Waals surface area (Å²) in [5.74, 6) is -1.20. The average molecular weight is 439 g/mol. The summed E-state index contributed by atoms with van der Waals surface area (Å²) in [6.07, 6.45) is -0.599. The molecule has 0 fully saturated rings. The van der Waals surface area contributed by atoms with Crippen LogP contribution >= 0.6 is 0 Å². The van der Waals surface area contributed by atoms with Crippen LogP contribution < -0.4 is 5.32 Å². The molecule has 2 amide bonds. The van der Waals surface area contributed by atoms with Gasteiger partial charge in [0.05, 0.1) is 6.42 Å². The highest BCUT2D eigenvalue weighted by Gasteiger charge is 2.29. The van der Waals surface area contributed by atoms with E-state index in [0.717, 1.165) is 22.3 Å². The Kier molecular flexibility index (Phi) is 7.51. The zero-order valence-corrected chi connectivity index (χ0v) is 18.7. The number of aliphatic carboxylic acids is 1. The number of rotatable bonds is 9. The van der Waals surface area contributed by atoms with Crippen LogP contribution in [0.15, 0.2) is 48.5 Å². The van der Waals surface area contributed by atoms with Crippen molar-refractivity contribution in [3.05, 3.63) is 59.7 Å². The number of carbonyl (C=O) groups is 3. The second-order valence-corrected chi connectivity index (χ2v) is 8.48. The number of carbonyl (C=O) groups excluding carboxylic acids is 2. The Balaban J connectivity index is 1.59. The molecule has 3 rings (SSSR count). The lowest BCUT2D eigenvalue weighted by molar-refractivity contribution is -0.138. The number of hydrogen-bond acceptors (Lipinski definition) is 4. The highest BCUT2D eigenvalue weighted by Crippen LogP contribution is 2.44. The number of nitrogens with one attached hydrogen (secondary N) is 1. The van der Waals surface area contributed by atoms with E-state index < -0.39 is 18.1 Å². The van der Waals surface area contributed by atoms with Crippen molar-refractivity contribution >= 4 is 18.0 Å². The molecule has 0 heterocycles. The molecule has 1 aliphatic rings. The van der Waals surface area contributed by atoms with E-state index in [1.165, 1.54) is 4.90 Å². The van der Waals surface area contributed by atoms with Crippen molar-refractivity contribution < 1.29 is 24.2 Å². The summed E-state index contributed by atoms with van der Waals surface area (Å²) in [6.45, 7) is 4.17. The molecule has 0 aromatic heterocycles. The van der Waals surface area contributed by atoms with Gasteiger partial charge in [0.2, 0.25) is 5.91 Å². The lowest BCUT2D eigenvalue weighted by Crippen LogP contribution is -2.43. The highest BCUT2D eigenvalue weighted by atomic mass is 16.5. The molecule has 7 heteroatoms. The van der Waals surface area contributed by atoms with Gasteiger partial charge >= 0.3 is 12.1 Å². The van der Waals surface area contributed by atoms with Gasteiger partial charge < -0.3 is 20.1 Å². The molecule has 0 radical (unpaired) electrons. The molecule has 1 aliphatic carbocycles. The number of ether oxygens (including phenoxy) is 1. The monoisotopic (exact) mass is 438 g/mol. The fourth-order valence-corrected chi connectivity index (χ4v) is 3.98. The molecule has 2 aromatic carbocycles. The van der Waals surface area contributed by atoms with Gasteiger partial charge in [-0.25, -0.2) is 4.79 Å². The fourth-order valence-electron chi connectivity index (χ4n) is 3.98.